The molecule has 21 heavy (non-hydrogen) atoms. The summed E-state index contributed by atoms with van der Waals surface area (Å²) in [7, 11) is 1.49. The van der Waals surface area contributed by atoms with E-state index < -0.39 is 5.97 Å². The molecular weight excluding hydrogens is 292 g/mol. The van der Waals surface area contributed by atoms with E-state index in [1.54, 1.807) is 0 Å². The highest BCUT2D eigenvalue weighted by molar-refractivity contribution is 6.32. The summed E-state index contributed by atoms with van der Waals surface area (Å²) in [4.78, 5) is 11.1. The fraction of sp³-hybridized carbons (Fsp3) is 0.562. The predicted octanol–water partition coefficient (Wildman–Crippen LogP) is 4.39. The summed E-state index contributed by atoms with van der Waals surface area (Å²) in [6, 6.07) is 2.86. The minimum atomic E-state index is -1.04. The Morgan fingerprint density at radius 1 is 1.38 bits per heavy atom. The third-order valence-electron chi connectivity index (χ3n) is 4.11. The van der Waals surface area contributed by atoms with Crippen LogP contribution in [-0.2, 0) is 0 Å². The molecule has 2 atom stereocenters. The fourth-order valence-corrected chi connectivity index (χ4v) is 3.16. The topological polar surface area (TPSA) is 55.8 Å². The van der Waals surface area contributed by atoms with Crippen LogP contribution >= 0.6 is 11.6 Å². The second kappa shape index (κ2) is 7.03. The summed E-state index contributed by atoms with van der Waals surface area (Å²) in [6.45, 7) is 2.17. The van der Waals surface area contributed by atoms with Gasteiger partial charge in [-0.3, -0.25) is 0 Å². The van der Waals surface area contributed by atoms with Crippen molar-refractivity contribution in [2.75, 3.05) is 7.11 Å². The van der Waals surface area contributed by atoms with E-state index in [-0.39, 0.29) is 16.7 Å². The zero-order valence-corrected chi connectivity index (χ0v) is 13.2. The summed E-state index contributed by atoms with van der Waals surface area (Å²) < 4.78 is 11.4. The summed E-state index contributed by atoms with van der Waals surface area (Å²) in [5.74, 6) is 0.305. The molecule has 1 aromatic carbocycles. The summed E-state index contributed by atoms with van der Waals surface area (Å²) in [5.41, 5.74) is 0.0971. The third kappa shape index (κ3) is 3.62. The molecule has 116 valence electrons. The first kappa shape index (κ1) is 16.0. The van der Waals surface area contributed by atoms with Crippen molar-refractivity contribution in [3.8, 4) is 11.5 Å². The minimum Gasteiger partial charge on any atom is -0.493 e. The molecular formula is C16H21ClO4. The zero-order valence-electron chi connectivity index (χ0n) is 12.4. The molecule has 2 unspecified atom stereocenters. The predicted molar refractivity (Wildman–Crippen MR) is 81.6 cm³/mol. The van der Waals surface area contributed by atoms with Gasteiger partial charge in [0.1, 0.15) is 6.10 Å². The second-order valence-corrected chi connectivity index (χ2v) is 5.81. The highest BCUT2D eigenvalue weighted by Crippen LogP contribution is 2.40. The quantitative estimate of drug-likeness (QED) is 0.875. The van der Waals surface area contributed by atoms with Crippen LogP contribution in [0.15, 0.2) is 12.1 Å². The number of methoxy groups -OCH3 is 1. The van der Waals surface area contributed by atoms with E-state index in [4.69, 9.17) is 26.2 Å². The second-order valence-electron chi connectivity index (χ2n) is 5.40. The molecule has 0 amide bonds. The first-order valence-corrected chi connectivity index (χ1v) is 7.72. The van der Waals surface area contributed by atoms with Crippen LogP contribution < -0.4 is 9.47 Å². The molecule has 0 bridgehead atoms. The summed E-state index contributed by atoms with van der Waals surface area (Å²) >= 11 is 6.20. The van der Waals surface area contributed by atoms with E-state index in [2.05, 4.69) is 6.92 Å². The average Bonchev–Trinajstić information content (AvgIpc) is 2.49. The number of rotatable bonds is 5. The fourth-order valence-electron chi connectivity index (χ4n) is 2.90. The third-order valence-corrected chi connectivity index (χ3v) is 4.39. The number of halogens is 1. The first-order valence-electron chi connectivity index (χ1n) is 7.34. The molecule has 1 fully saturated rings. The van der Waals surface area contributed by atoms with Crippen LogP contribution in [0.5, 0.6) is 11.5 Å². The molecule has 1 saturated carbocycles. The van der Waals surface area contributed by atoms with Crippen molar-refractivity contribution in [3.63, 3.8) is 0 Å². The van der Waals surface area contributed by atoms with Crippen LogP contribution in [-0.4, -0.2) is 24.3 Å². The Bertz CT molecular complexity index is 515. The maximum absolute atomic E-state index is 11.1. The normalized spacial score (nSPS) is 21.9. The van der Waals surface area contributed by atoms with Gasteiger partial charge in [0, 0.05) is 0 Å². The number of hydrogen-bond acceptors (Lipinski definition) is 3. The van der Waals surface area contributed by atoms with Crippen LogP contribution in [0, 0.1) is 5.92 Å². The number of hydrogen-bond donors (Lipinski definition) is 1. The van der Waals surface area contributed by atoms with Gasteiger partial charge in [0.15, 0.2) is 11.5 Å². The van der Waals surface area contributed by atoms with E-state index >= 15 is 0 Å². The maximum atomic E-state index is 11.1. The number of carboxylic acids is 1. The number of carbonyl (C=O) groups is 1. The molecule has 0 aromatic heterocycles. The molecule has 0 radical (unpaired) electrons. The van der Waals surface area contributed by atoms with Gasteiger partial charge in [0.2, 0.25) is 0 Å². The van der Waals surface area contributed by atoms with Crippen molar-refractivity contribution < 1.29 is 19.4 Å². The van der Waals surface area contributed by atoms with Crippen molar-refractivity contribution in [2.45, 2.75) is 45.1 Å². The van der Waals surface area contributed by atoms with Gasteiger partial charge in [0.05, 0.1) is 17.7 Å². The summed E-state index contributed by atoms with van der Waals surface area (Å²) in [6.07, 6.45) is 5.73. The van der Waals surface area contributed by atoms with Crippen LogP contribution in [0.25, 0.3) is 0 Å². The lowest BCUT2D eigenvalue weighted by Gasteiger charge is -2.32. The lowest BCUT2D eigenvalue weighted by Crippen LogP contribution is -2.30. The van der Waals surface area contributed by atoms with E-state index in [1.165, 1.54) is 25.7 Å². The Morgan fingerprint density at radius 2 is 2.10 bits per heavy atom. The summed E-state index contributed by atoms with van der Waals surface area (Å²) in [5, 5.41) is 9.35. The molecule has 0 aliphatic heterocycles. The molecule has 0 heterocycles. The van der Waals surface area contributed by atoms with Gasteiger partial charge in [-0.25, -0.2) is 4.79 Å². The molecule has 1 N–H and O–H groups in total. The monoisotopic (exact) mass is 312 g/mol. The Morgan fingerprint density at radius 3 is 2.71 bits per heavy atom. The van der Waals surface area contributed by atoms with E-state index in [1.807, 2.05) is 0 Å². The molecule has 0 spiro atoms. The Labute approximate surface area is 130 Å². The smallest absolute Gasteiger partial charge is 0.335 e. The molecule has 1 aliphatic carbocycles. The van der Waals surface area contributed by atoms with Crippen molar-refractivity contribution in [3.05, 3.63) is 22.7 Å². The zero-order chi connectivity index (χ0) is 15.4. The van der Waals surface area contributed by atoms with Crippen molar-refractivity contribution in [2.24, 2.45) is 5.92 Å². The van der Waals surface area contributed by atoms with Gasteiger partial charge in [0.25, 0.3) is 0 Å². The molecule has 4 nitrogen and oxygen atoms in total. The van der Waals surface area contributed by atoms with Crippen molar-refractivity contribution >= 4 is 17.6 Å². The maximum Gasteiger partial charge on any atom is 0.335 e. The molecule has 0 saturated heterocycles. The van der Waals surface area contributed by atoms with E-state index in [9.17, 15) is 4.79 Å². The van der Waals surface area contributed by atoms with E-state index in [0.29, 0.717) is 17.4 Å². The van der Waals surface area contributed by atoms with Gasteiger partial charge in [-0.05, 0) is 43.7 Å². The van der Waals surface area contributed by atoms with Gasteiger partial charge in [-0.1, -0.05) is 24.9 Å². The number of carboxylic acid groups (broad SMARTS) is 1. The first-order chi connectivity index (χ1) is 10.1. The van der Waals surface area contributed by atoms with Crippen molar-refractivity contribution in [1.82, 2.24) is 0 Å². The number of aromatic carboxylic acids is 1. The van der Waals surface area contributed by atoms with Crippen LogP contribution in [0.3, 0.4) is 0 Å². The minimum absolute atomic E-state index is 0.0971. The van der Waals surface area contributed by atoms with Gasteiger partial charge < -0.3 is 14.6 Å². The SMILES string of the molecule is CCC1CCCCC1Oc1c(Cl)cc(C(=O)O)cc1OC. The molecule has 2 rings (SSSR count). The van der Waals surface area contributed by atoms with Crippen LogP contribution in [0.2, 0.25) is 5.02 Å². The Balaban J connectivity index is 2.28. The lowest BCUT2D eigenvalue weighted by molar-refractivity contribution is 0.0695. The van der Waals surface area contributed by atoms with Gasteiger partial charge in [-0.15, -0.1) is 0 Å². The number of benzene rings is 1. The molecule has 1 aromatic rings. The van der Waals surface area contributed by atoms with Crippen LogP contribution in [0.4, 0.5) is 0 Å². The highest BCUT2D eigenvalue weighted by atomic mass is 35.5. The van der Waals surface area contributed by atoms with E-state index in [0.717, 1.165) is 25.7 Å². The average molecular weight is 313 g/mol. The van der Waals surface area contributed by atoms with Gasteiger partial charge >= 0.3 is 5.97 Å². The van der Waals surface area contributed by atoms with Crippen LogP contribution in [0.1, 0.15) is 49.4 Å². The standard InChI is InChI=1S/C16H21ClO4/c1-3-10-6-4-5-7-13(10)21-15-12(17)8-11(16(18)19)9-14(15)20-2/h8-10,13H,3-7H2,1-2H3,(H,18,19). The largest absolute Gasteiger partial charge is 0.493 e. The molecule has 5 heteroatoms. The van der Waals surface area contributed by atoms with Gasteiger partial charge in [-0.2, -0.15) is 0 Å². The Kier molecular flexibility index (Phi) is 5.34. The highest BCUT2D eigenvalue weighted by Gasteiger charge is 2.27. The Hall–Kier alpha value is -1.42. The molecule has 1 aliphatic rings. The van der Waals surface area contributed by atoms with Crippen molar-refractivity contribution in [1.29, 1.82) is 0 Å². The number of ether oxygens (including phenoxy) is 2. The lowest BCUT2D eigenvalue weighted by atomic mass is 9.85.